The van der Waals surface area contributed by atoms with Crippen LogP contribution in [0.1, 0.15) is 24.0 Å². The zero-order valence-electron chi connectivity index (χ0n) is 9.80. The number of carboxylic acids is 1. The summed E-state index contributed by atoms with van der Waals surface area (Å²) in [7, 11) is 0. The highest BCUT2D eigenvalue weighted by Crippen LogP contribution is 2.34. The maximum Gasteiger partial charge on any atom is 0.306 e. The summed E-state index contributed by atoms with van der Waals surface area (Å²) < 4.78 is 0. The average molecular weight is 231 g/mol. The molecule has 2 aliphatic rings. The molecule has 1 aromatic carbocycles. The van der Waals surface area contributed by atoms with E-state index in [1.165, 1.54) is 11.1 Å². The molecule has 3 rings (SSSR count). The van der Waals surface area contributed by atoms with Gasteiger partial charge in [-0.25, -0.2) is 0 Å². The van der Waals surface area contributed by atoms with Gasteiger partial charge >= 0.3 is 5.97 Å². The molecule has 0 saturated heterocycles. The maximum atomic E-state index is 10.8. The van der Waals surface area contributed by atoms with E-state index >= 15 is 0 Å². The minimum atomic E-state index is -0.626. The predicted octanol–water partition coefficient (Wildman–Crippen LogP) is 1.91. The Bertz CT molecular complexity index is 438. The Balaban J connectivity index is 1.64. The van der Waals surface area contributed by atoms with Gasteiger partial charge in [-0.1, -0.05) is 24.3 Å². The summed E-state index contributed by atoms with van der Waals surface area (Å²) >= 11 is 0. The Hall–Kier alpha value is -1.35. The lowest BCUT2D eigenvalue weighted by Gasteiger charge is -2.43. The molecule has 0 radical (unpaired) electrons. The normalized spacial score (nSPS) is 28.2. The van der Waals surface area contributed by atoms with Gasteiger partial charge in [-0.05, 0) is 30.4 Å². The van der Waals surface area contributed by atoms with Crippen LogP contribution >= 0.6 is 0 Å². The summed E-state index contributed by atoms with van der Waals surface area (Å²) in [4.78, 5) is 13.2. The van der Waals surface area contributed by atoms with Crippen molar-refractivity contribution in [3.05, 3.63) is 35.4 Å². The van der Waals surface area contributed by atoms with Crippen molar-refractivity contribution in [1.29, 1.82) is 0 Å². The lowest BCUT2D eigenvalue weighted by molar-refractivity contribution is -0.147. The summed E-state index contributed by atoms with van der Waals surface area (Å²) in [6, 6.07) is 9.06. The number of hydrogen-bond donors (Lipinski definition) is 1. The number of rotatable bonds is 2. The topological polar surface area (TPSA) is 40.5 Å². The smallest absolute Gasteiger partial charge is 0.306 e. The van der Waals surface area contributed by atoms with E-state index in [0.29, 0.717) is 6.04 Å². The van der Waals surface area contributed by atoms with Gasteiger partial charge in [0.1, 0.15) is 0 Å². The van der Waals surface area contributed by atoms with Gasteiger partial charge in [-0.15, -0.1) is 0 Å². The largest absolute Gasteiger partial charge is 0.481 e. The van der Waals surface area contributed by atoms with Gasteiger partial charge in [0, 0.05) is 19.1 Å². The first kappa shape index (κ1) is 10.8. The predicted molar refractivity (Wildman–Crippen MR) is 64.7 cm³/mol. The molecule has 1 saturated carbocycles. The molecule has 1 heterocycles. The molecule has 1 aromatic rings. The highest BCUT2D eigenvalue weighted by Gasteiger charge is 2.38. The maximum absolute atomic E-state index is 10.8. The monoisotopic (exact) mass is 231 g/mol. The van der Waals surface area contributed by atoms with E-state index in [0.717, 1.165) is 32.4 Å². The zero-order valence-corrected chi connectivity index (χ0v) is 9.80. The van der Waals surface area contributed by atoms with E-state index in [1.807, 2.05) is 0 Å². The molecule has 17 heavy (non-hydrogen) atoms. The van der Waals surface area contributed by atoms with E-state index in [9.17, 15) is 4.79 Å². The van der Waals surface area contributed by atoms with E-state index in [-0.39, 0.29) is 5.92 Å². The van der Waals surface area contributed by atoms with Gasteiger partial charge in [-0.3, -0.25) is 9.69 Å². The van der Waals surface area contributed by atoms with Crippen LogP contribution in [0.3, 0.4) is 0 Å². The molecule has 0 spiro atoms. The van der Waals surface area contributed by atoms with Crippen molar-refractivity contribution in [1.82, 2.24) is 4.90 Å². The van der Waals surface area contributed by atoms with Crippen molar-refractivity contribution >= 4 is 5.97 Å². The molecule has 0 aromatic heterocycles. The van der Waals surface area contributed by atoms with E-state index in [2.05, 4.69) is 29.2 Å². The SMILES string of the molecule is O=C(O)C1CC(N2CCc3ccccc3C2)C1. The molecule has 90 valence electrons. The number of fused-ring (bicyclic) bond motifs is 1. The quantitative estimate of drug-likeness (QED) is 0.845. The molecule has 0 amide bonds. The summed E-state index contributed by atoms with van der Waals surface area (Å²) in [6.45, 7) is 2.07. The van der Waals surface area contributed by atoms with Gasteiger partial charge in [0.15, 0.2) is 0 Å². The van der Waals surface area contributed by atoms with Crippen molar-refractivity contribution in [2.75, 3.05) is 6.54 Å². The second-order valence-corrected chi connectivity index (χ2v) is 5.15. The van der Waals surface area contributed by atoms with Crippen molar-refractivity contribution in [3.63, 3.8) is 0 Å². The van der Waals surface area contributed by atoms with Crippen LogP contribution in [0.5, 0.6) is 0 Å². The van der Waals surface area contributed by atoms with Crippen LogP contribution in [0.2, 0.25) is 0 Å². The zero-order chi connectivity index (χ0) is 11.8. The lowest BCUT2D eigenvalue weighted by atomic mass is 9.78. The minimum absolute atomic E-state index is 0.0998. The number of aliphatic carboxylic acids is 1. The van der Waals surface area contributed by atoms with E-state index in [1.54, 1.807) is 0 Å². The number of carboxylic acid groups (broad SMARTS) is 1. The number of hydrogen-bond acceptors (Lipinski definition) is 2. The standard InChI is InChI=1S/C14H17NO2/c16-14(17)12-7-13(8-12)15-6-5-10-3-1-2-4-11(10)9-15/h1-4,12-13H,5-9H2,(H,16,17). The van der Waals surface area contributed by atoms with Crippen LogP contribution in [0.25, 0.3) is 0 Å². The van der Waals surface area contributed by atoms with Gasteiger partial charge in [0.25, 0.3) is 0 Å². The van der Waals surface area contributed by atoms with Crippen LogP contribution in [-0.4, -0.2) is 28.6 Å². The first-order valence-electron chi connectivity index (χ1n) is 6.27. The van der Waals surface area contributed by atoms with Crippen molar-refractivity contribution in [2.45, 2.75) is 31.8 Å². The molecule has 3 nitrogen and oxygen atoms in total. The van der Waals surface area contributed by atoms with Crippen LogP contribution in [0.4, 0.5) is 0 Å². The average Bonchev–Trinajstić information content (AvgIpc) is 2.26. The van der Waals surface area contributed by atoms with E-state index < -0.39 is 5.97 Å². The second kappa shape index (κ2) is 4.15. The summed E-state index contributed by atoms with van der Waals surface area (Å²) in [6.07, 6.45) is 2.76. The van der Waals surface area contributed by atoms with Crippen LogP contribution < -0.4 is 0 Å². The Labute approximate surface area is 101 Å². The minimum Gasteiger partial charge on any atom is -0.481 e. The molecule has 0 atom stereocenters. The first-order chi connectivity index (χ1) is 8.24. The highest BCUT2D eigenvalue weighted by atomic mass is 16.4. The molecule has 1 aliphatic heterocycles. The third-order valence-electron chi connectivity index (χ3n) is 4.14. The Morgan fingerprint density at radius 2 is 1.94 bits per heavy atom. The van der Waals surface area contributed by atoms with Gasteiger partial charge in [0.05, 0.1) is 5.92 Å². The first-order valence-corrected chi connectivity index (χ1v) is 6.27. The van der Waals surface area contributed by atoms with Crippen molar-refractivity contribution in [3.8, 4) is 0 Å². The summed E-state index contributed by atoms with van der Waals surface area (Å²) in [5.74, 6) is -0.726. The molecule has 0 unspecified atom stereocenters. The van der Waals surface area contributed by atoms with Gasteiger partial charge in [-0.2, -0.15) is 0 Å². The van der Waals surface area contributed by atoms with Gasteiger partial charge < -0.3 is 5.11 Å². The Morgan fingerprint density at radius 3 is 2.65 bits per heavy atom. The fourth-order valence-electron chi connectivity index (χ4n) is 2.92. The lowest BCUT2D eigenvalue weighted by Crippen LogP contribution is -2.48. The highest BCUT2D eigenvalue weighted by molar-refractivity contribution is 5.71. The Morgan fingerprint density at radius 1 is 1.24 bits per heavy atom. The Kier molecular flexibility index (Phi) is 2.63. The van der Waals surface area contributed by atoms with Crippen LogP contribution in [-0.2, 0) is 17.8 Å². The van der Waals surface area contributed by atoms with Crippen molar-refractivity contribution < 1.29 is 9.90 Å². The number of carbonyl (C=O) groups is 1. The molecular weight excluding hydrogens is 214 g/mol. The fourth-order valence-corrected chi connectivity index (χ4v) is 2.92. The second-order valence-electron chi connectivity index (χ2n) is 5.15. The third-order valence-corrected chi connectivity index (χ3v) is 4.14. The molecule has 1 aliphatic carbocycles. The molecular formula is C14H17NO2. The molecule has 3 heteroatoms. The van der Waals surface area contributed by atoms with Crippen LogP contribution in [0, 0.1) is 5.92 Å². The summed E-state index contributed by atoms with van der Waals surface area (Å²) in [5.41, 5.74) is 2.87. The van der Waals surface area contributed by atoms with Gasteiger partial charge in [0.2, 0.25) is 0 Å². The van der Waals surface area contributed by atoms with E-state index in [4.69, 9.17) is 5.11 Å². The van der Waals surface area contributed by atoms with Crippen molar-refractivity contribution in [2.24, 2.45) is 5.92 Å². The molecule has 0 bridgehead atoms. The third kappa shape index (κ3) is 1.95. The number of benzene rings is 1. The fraction of sp³-hybridized carbons (Fsp3) is 0.500. The van der Waals surface area contributed by atoms with Crippen LogP contribution in [0.15, 0.2) is 24.3 Å². The molecule has 1 fully saturated rings. The molecule has 1 N–H and O–H groups in total. The summed E-state index contributed by atoms with van der Waals surface area (Å²) in [5, 5.41) is 8.89. The number of nitrogens with zero attached hydrogens (tertiary/aromatic N) is 1.